The zero-order chi connectivity index (χ0) is 9.84. The fraction of sp³-hybridized carbons (Fsp3) is 0.889. The van der Waals surface area contributed by atoms with Crippen molar-refractivity contribution in [2.75, 3.05) is 14.2 Å². The largest absolute Gasteiger partial charge is 0.275 e. The van der Waals surface area contributed by atoms with E-state index in [-0.39, 0.29) is 9.83 Å². The molecular formula is C9H16INO2. The maximum absolute atomic E-state index is 11.5. The number of hydroxylamine groups is 2. The predicted molar refractivity (Wildman–Crippen MR) is 59.5 cm³/mol. The molecule has 4 heteroatoms. The molecule has 0 bridgehead atoms. The Morgan fingerprint density at radius 3 is 2.69 bits per heavy atom. The van der Waals surface area contributed by atoms with Crippen molar-refractivity contribution in [2.24, 2.45) is 5.92 Å². The second-order valence-electron chi connectivity index (χ2n) is 3.52. The summed E-state index contributed by atoms with van der Waals surface area (Å²) in [7, 11) is 3.18. The van der Waals surface area contributed by atoms with Crippen molar-refractivity contribution in [3.8, 4) is 0 Å². The minimum atomic E-state index is 0.0767. The molecule has 1 fully saturated rings. The van der Waals surface area contributed by atoms with Crippen LogP contribution in [-0.2, 0) is 9.63 Å². The number of nitrogens with zero attached hydrogens (tertiary/aromatic N) is 1. The van der Waals surface area contributed by atoms with Crippen LogP contribution in [0.4, 0.5) is 0 Å². The second-order valence-corrected chi connectivity index (χ2v) is 5.02. The average Bonchev–Trinajstić information content (AvgIpc) is 2.08. The van der Waals surface area contributed by atoms with Crippen molar-refractivity contribution in [1.82, 2.24) is 5.06 Å². The van der Waals surface area contributed by atoms with Crippen molar-refractivity contribution < 1.29 is 9.63 Å². The lowest BCUT2D eigenvalue weighted by molar-refractivity contribution is -0.167. The summed E-state index contributed by atoms with van der Waals surface area (Å²) in [6.45, 7) is 0. The Balaban J connectivity index is 2.28. The molecule has 3 nitrogen and oxygen atoms in total. The molecule has 0 saturated heterocycles. The van der Waals surface area contributed by atoms with Crippen molar-refractivity contribution in [1.29, 1.82) is 0 Å². The van der Waals surface area contributed by atoms with E-state index in [0.717, 1.165) is 12.3 Å². The summed E-state index contributed by atoms with van der Waals surface area (Å²) in [4.78, 5) is 16.4. The number of rotatable bonds is 4. The number of carbonyl (C=O) groups excluding carboxylic acids is 1. The first-order valence-corrected chi connectivity index (χ1v) is 5.85. The molecule has 0 aliphatic heterocycles. The van der Waals surface area contributed by atoms with E-state index in [9.17, 15) is 4.79 Å². The van der Waals surface area contributed by atoms with E-state index in [1.807, 2.05) is 0 Å². The van der Waals surface area contributed by atoms with Crippen LogP contribution in [0.25, 0.3) is 0 Å². The van der Waals surface area contributed by atoms with Crippen LogP contribution in [0.5, 0.6) is 0 Å². The Bertz CT molecular complexity index is 182. The van der Waals surface area contributed by atoms with Crippen LogP contribution in [0.15, 0.2) is 0 Å². The number of hydrogen-bond donors (Lipinski definition) is 0. The third-order valence-electron chi connectivity index (χ3n) is 2.62. The van der Waals surface area contributed by atoms with E-state index in [1.54, 1.807) is 7.05 Å². The van der Waals surface area contributed by atoms with Gasteiger partial charge >= 0.3 is 0 Å². The van der Waals surface area contributed by atoms with Gasteiger partial charge in [0.1, 0.15) is 0 Å². The highest BCUT2D eigenvalue weighted by Crippen LogP contribution is 2.32. The normalized spacial score (nSPS) is 19.3. The van der Waals surface area contributed by atoms with Crippen LogP contribution in [0.3, 0.4) is 0 Å². The third kappa shape index (κ3) is 3.09. The van der Waals surface area contributed by atoms with Gasteiger partial charge < -0.3 is 0 Å². The van der Waals surface area contributed by atoms with Gasteiger partial charge in [-0.3, -0.25) is 9.63 Å². The number of halogens is 1. The molecule has 1 saturated carbocycles. The Morgan fingerprint density at radius 2 is 2.31 bits per heavy atom. The molecule has 1 unspecified atom stereocenters. The molecule has 0 heterocycles. The second kappa shape index (κ2) is 5.14. The summed E-state index contributed by atoms with van der Waals surface area (Å²) in [5.74, 6) is 0.853. The Morgan fingerprint density at radius 1 is 1.69 bits per heavy atom. The first-order chi connectivity index (χ1) is 6.15. The number of alkyl halides is 1. The molecule has 0 spiro atoms. The summed E-state index contributed by atoms with van der Waals surface area (Å²) in [5.41, 5.74) is 0. The van der Waals surface area contributed by atoms with E-state index >= 15 is 0 Å². The van der Waals surface area contributed by atoms with Gasteiger partial charge in [-0.05, 0) is 12.3 Å². The van der Waals surface area contributed by atoms with Gasteiger partial charge in [0.2, 0.25) is 0 Å². The molecule has 0 aromatic carbocycles. The van der Waals surface area contributed by atoms with E-state index < -0.39 is 0 Å². The topological polar surface area (TPSA) is 29.5 Å². The fourth-order valence-electron chi connectivity index (χ4n) is 1.41. The molecular weight excluding hydrogens is 281 g/mol. The summed E-state index contributed by atoms with van der Waals surface area (Å²) >= 11 is 2.21. The molecule has 1 atom stereocenters. The first-order valence-electron chi connectivity index (χ1n) is 4.61. The molecule has 1 rings (SSSR count). The average molecular weight is 297 g/mol. The van der Waals surface area contributed by atoms with E-state index in [0.29, 0.717) is 0 Å². The molecule has 0 radical (unpaired) electrons. The van der Waals surface area contributed by atoms with Gasteiger partial charge in [-0.1, -0.05) is 41.9 Å². The number of carbonyl (C=O) groups is 1. The van der Waals surface area contributed by atoms with Gasteiger partial charge in [0.15, 0.2) is 0 Å². The van der Waals surface area contributed by atoms with Crippen LogP contribution in [0.2, 0.25) is 0 Å². The fourth-order valence-corrected chi connectivity index (χ4v) is 2.52. The molecule has 76 valence electrons. The van der Waals surface area contributed by atoms with Crippen molar-refractivity contribution >= 4 is 28.5 Å². The molecule has 13 heavy (non-hydrogen) atoms. The van der Waals surface area contributed by atoms with Gasteiger partial charge in [-0.2, -0.15) is 0 Å². The van der Waals surface area contributed by atoms with Gasteiger partial charge in [0.25, 0.3) is 5.91 Å². The molecule has 0 N–H and O–H groups in total. The maximum atomic E-state index is 11.5. The lowest BCUT2D eigenvalue weighted by Gasteiger charge is -2.28. The molecule has 1 amide bonds. The van der Waals surface area contributed by atoms with Crippen LogP contribution in [0.1, 0.15) is 25.7 Å². The van der Waals surface area contributed by atoms with Crippen LogP contribution >= 0.6 is 22.6 Å². The van der Waals surface area contributed by atoms with Crippen molar-refractivity contribution in [2.45, 2.75) is 29.6 Å². The lowest BCUT2D eigenvalue weighted by Crippen LogP contribution is -2.34. The number of hydrogen-bond acceptors (Lipinski definition) is 2. The molecule has 0 aromatic rings. The third-order valence-corrected chi connectivity index (χ3v) is 3.66. The van der Waals surface area contributed by atoms with E-state index in [4.69, 9.17) is 4.84 Å². The molecule has 1 aliphatic carbocycles. The summed E-state index contributed by atoms with van der Waals surface area (Å²) < 4.78 is 0.0767. The molecule has 0 aromatic heterocycles. The smallest absolute Gasteiger partial charge is 0.258 e. The van der Waals surface area contributed by atoms with Gasteiger partial charge in [-0.15, -0.1) is 0 Å². The minimum absolute atomic E-state index is 0.0767. The van der Waals surface area contributed by atoms with Crippen molar-refractivity contribution in [3.63, 3.8) is 0 Å². The van der Waals surface area contributed by atoms with E-state index in [1.165, 1.54) is 31.4 Å². The van der Waals surface area contributed by atoms with Gasteiger partial charge in [-0.25, -0.2) is 5.06 Å². The standard InChI is InChI=1S/C9H16INO2/c1-11(13-2)9(12)8(10)6-7-4-3-5-7/h7-8H,3-6H2,1-2H3. The van der Waals surface area contributed by atoms with E-state index in [2.05, 4.69) is 22.6 Å². The zero-order valence-corrected chi connectivity index (χ0v) is 10.3. The van der Waals surface area contributed by atoms with Gasteiger partial charge in [0, 0.05) is 7.05 Å². The predicted octanol–water partition coefficient (Wildman–Crippen LogP) is 2.00. The quantitative estimate of drug-likeness (QED) is 0.451. The summed E-state index contributed by atoms with van der Waals surface area (Å²) in [5, 5.41) is 1.32. The lowest BCUT2D eigenvalue weighted by atomic mass is 9.82. The Kier molecular flexibility index (Phi) is 4.45. The van der Waals surface area contributed by atoms with Crippen LogP contribution in [0, 0.1) is 5.92 Å². The minimum Gasteiger partial charge on any atom is -0.275 e. The van der Waals surface area contributed by atoms with Gasteiger partial charge in [0.05, 0.1) is 11.0 Å². The van der Waals surface area contributed by atoms with Crippen molar-refractivity contribution in [3.05, 3.63) is 0 Å². The van der Waals surface area contributed by atoms with Crippen LogP contribution in [-0.4, -0.2) is 29.1 Å². The SMILES string of the molecule is CON(C)C(=O)C(I)CC1CCC1. The Labute approximate surface area is 92.9 Å². The van der Waals surface area contributed by atoms with Crippen LogP contribution < -0.4 is 0 Å². The Hall–Kier alpha value is 0.160. The summed E-state index contributed by atoms with van der Waals surface area (Å²) in [6, 6.07) is 0. The zero-order valence-electron chi connectivity index (χ0n) is 8.12. The highest BCUT2D eigenvalue weighted by atomic mass is 127. The summed E-state index contributed by atoms with van der Waals surface area (Å²) in [6.07, 6.45) is 4.93. The highest BCUT2D eigenvalue weighted by molar-refractivity contribution is 14.1. The number of amides is 1. The first kappa shape index (κ1) is 11.2. The highest BCUT2D eigenvalue weighted by Gasteiger charge is 2.26. The monoisotopic (exact) mass is 297 g/mol. The molecule has 1 aliphatic rings. The maximum Gasteiger partial charge on any atom is 0.258 e.